The molecule has 2 heteroatoms. The van der Waals surface area contributed by atoms with Crippen LogP contribution in [0.25, 0.3) is 76.1 Å². The second kappa shape index (κ2) is 9.31. The Hall–Kier alpha value is -5.96. The van der Waals surface area contributed by atoms with Gasteiger partial charge in [0, 0.05) is 0 Å². The van der Waals surface area contributed by atoms with Crippen LogP contribution in [0.5, 0.6) is 0 Å². The molecule has 0 heterocycles. The quantitative estimate of drug-likeness (QED) is 0.209. The number of hydrogen-bond acceptors (Lipinski definition) is 2. The summed E-state index contributed by atoms with van der Waals surface area (Å²) in [5.74, 6) is 0. The Labute approximate surface area is 242 Å². The fourth-order valence-electron chi connectivity index (χ4n) is 6.51. The van der Waals surface area contributed by atoms with Crippen LogP contribution >= 0.6 is 0 Å². The van der Waals surface area contributed by atoms with Gasteiger partial charge in [0.15, 0.2) is 0 Å². The molecule has 0 atom stereocenters. The molecule has 2 nitrogen and oxygen atoms in total. The van der Waals surface area contributed by atoms with E-state index in [4.69, 9.17) is 0 Å². The molecular formula is C40H22N2. The highest BCUT2D eigenvalue weighted by Crippen LogP contribution is 2.45. The van der Waals surface area contributed by atoms with E-state index in [2.05, 4.69) is 97.1 Å². The summed E-state index contributed by atoms with van der Waals surface area (Å²) in [6.07, 6.45) is 0. The highest BCUT2D eigenvalue weighted by Gasteiger charge is 2.17. The largest absolute Gasteiger partial charge is 0.192 e. The van der Waals surface area contributed by atoms with Gasteiger partial charge in [-0.3, -0.25) is 0 Å². The monoisotopic (exact) mass is 530 g/mol. The zero-order valence-corrected chi connectivity index (χ0v) is 22.6. The summed E-state index contributed by atoms with van der Waals surface area (Å²) >= 11 is 0. The summed E-state index contributed by atoms with van der Waals surface area (Å²) in [7, 11) is 0. The summed E-state index contributed by atoms with van der Waals surface area (Å²) in [4.78, 5) is 0. The van der Waals surface area contributed by atoms with Gasteiger partial charge in [0.05, 0.1) is 23.3 Å². The van der Waals surface area contributed by atoms with Gasteiger partial charge in [-0.05, 0) is 113 Å². The average molecular weight is 531 g/mol. The predicted octanol–water partition coefficient (Wildman–Crippen LogP) is 10.5. The van der Waals surface area contributed by atoms with Gasteiger partial charge in [-0.1, -0.05) is 97.1 Å². The number of nitriles is 2. The Bertz CT molecular complexity index is 2280. The zero-order chi connectivity index (χ0) is 28.2. The number of hydrogen-bond donors (Lipinski definition) is 0. The van der Waals surface area contributed by atoms with Crippen molar-refractivity contribution in [1.82, 2.24) is 0 Å². The van der Waals surface area contributed by atoms with Crippen LogP contribution in [0.15, 0.2) is 133 Å². The molecule has 0 N–H and O–H groups in total. The molecule has 192 valence electrons. The van der Waals surface area contributed by atoms with Gasteiger partial charge in [0.2, 0.25) is 0 Å². The van der Waals surface area contributed by atoms with E-state index < -0.39 is 0 Å². The Morgan fingerprint density at radius 3 is 1.02 bits per heavy atom. The lowest BCUT2D eigenvalue weighted by Crippen LogP contribution is -1.90. The normalized spacial score (nSPS) is 11.3. The summed E-state index contributed by atoms with van der Waals surface area (Å²) in [5.41, 5.74) is 5.74. The van der Waals surface area contributed by atoms with Gasteiger partial charge in [-0.25, -0.2) is 0 Å². The van der Waals surface area contributed by atoms with Gasteiger partial charge in [0.25, 0.3) is 0 Å². The third-order valence-corrected chi connectivity index (χ3v) is 8.50. The standard InChI is InChI=1S/C40H22N2/c41-23-25-9-13-27(14-10-25)29-17-19-33-31-5-1-3-7-35(31)39-38-22-30(28-15-11-26(24-42)12-16-28)18-20-34(38)32-6-2-4-8-36(32)40(39)37(33)21-29/h1-22H. The summed E-state index contributed by atoms with van der Waals surface area (Å²) in [6, 6.07) is 51.0. The second-order valence-electron chi connectivity index (χ2n) is 10.7. The lowest BCUT2D eigenvalue weighted by molar-refractivity contribution is 1.48. The molecule has 0 fully saturated rings. The van der Waals surface area contributed by atoms with Gasteiger partial charge in [-0.2, -0.15) is 10.5 Å². The molecule has 0 aliphatic heterocycles. The molecule has 0 spiro atoms. The van der Waals surface area contributed by atoms with Crippen LogP contribution in [-0.2, 0) is 0 Å². The Morgan fingerprint density at radius 2 is 0.643 bits per heavy atom. The molecule has 8 rings (SSSR count). The molecule has 0 bridgehead atoms. The minimum atomic E-state index is 0.659. The smallest absolute Gasteiger partial charge is 0.0991 e. The molecule has 8 aromatic carbocycles. The lowest BCUT2D eigenvalue weighted by atomic mass is 9.85. The third kappa shape index (κ3) is 3.57. The second-order valence-corrected chi connectivity index (χ2v) is 10.7. The maximum Gasteiger partial charge on any atom is 0.0991 e. The molecular weight excluding hydrogens is 508 g/mol. The first-order chi connectivity index (χ1) is 20.7. The van der Waals surface area contributed by atoms with Crippen LogP contribution in [0.3, 0.4) is 0 Å². The minimum absolute atomic E-state index is 0.659. The molecule has 0 radical (unpaired) electrons. The van der Waals surface area contributed by atoms with Crippen molar-refractivity contribution in [3.05, 3.63) is 145 Å². The van der Waals surface area contributed by atoms with Crippen molar-refractivity contribution >= 4 is 53.9 Å². The van der Waals surface area contributed by atoms with Gasteiger partial charge >= 0.3 is 0 Å². The minimum Gasteiger partial charge on any atom is -0.192 e. The Morgan fingerprint density at radius 1 is 0.310 bits per heavy atom. The van der Waals surface area contributed by atoms with Crippen LogP contribution in [0.4, 0.5) is 0 Å². The van der Waals surface area contributed by atoms with Crippen molar-refractivity contribution in [3.63, 3.8) is 0 Å². The van der Waals surface area contributed by atoms with Crippen molar-refractivity contribution in [2.45, 2.75) is 0 Å². The first-order valence-corrected chi connectivity index (χ1v) is 14.0. The van der Waals surface area contributed by atoms with E-state index in [-0.39, 0.29) is 0 Å². The average Bonchev–Trinajstić information content (AvgIpc) is 3.07. The number of fused-ring (bicyclic) bond motifs is 11. The predicted molar refractivity (Wildman–Crippen MR) is 174 cm³/mol. The first-order valence-electron chi connectivity index (χ1n) is 14.0. The number of benzene rings is 8. The number of nitrogens with zero attached hydrogens (tertiary/aromatic N) is 2. The van der Waals surface area contributed by atoms with Crippen LogP contribution in [0.1, 0.15) is 11.1 Å². The van der Waals surface area contributed by atoms with Crippen LogP contribution in [0, 0.1) is 22.7 Å². The topological polar surface area (TPSA) is 47.6 Å². The highest BCUT2D eigenvalue weighted by molar-refractivity contribution is 6.39. The van der Waals surface area contributed by atoms with Crippen LogP contribution in [0.2, 0.25) is 0 Å². The Kier molecular flexibility index (Phi) is 5.29. The van der Waals surface area contributed by atoms with E-state index in [0.29, 0.717) is 11.1 Å². The molecule has 0 saturated carbocycles. The SMILES string of the molecule is N#Cc1ccc(-c2ccc3c4ccccc4c4c5cc(-c6ccc(C#N)cc6)ccc5c5ccccc5c4c3c2)cc1. The zero-order valence-electron chi connectivity index (χ0n) is 22.6. The molecule has 0 amide bonds. The first kappa shape index (κ1) is 23.9. The van der Waals surface area contributed by atoms with Gasteiger partial charge in [-0.15, -0.1) is 0 Å². The van der Waals surface area contributed by atoms with E-state index in [1.165, 1.54) is 53.9 Å². The fraction of sp³-hybridized carbons (Fsp3) is 0. The summed E-state index contributed by atoms with van der Waals surface area (Å²) in [5, 5.41) is 30.9. The molecule has 42 heavy (non-hydrogen) atoms. The van der Waals surface area contributed by atoms with Crippen molar-refractivity contribution in [2.75, 3.05) is 0 Å². The van der Waals surface area contributed by atoms with Crippen molar-refractivity contribution in [3.8, 4) is 34.4 Å². The van der Waals surface area contributed by atoms with E-state index in [1.54, 1.807) is 0 Å². The molecule has 0 aromatic heterocycles. The molecule has 0 aliphatic rings. The van der Waals surface area contributed by atoms with Crippen molar-refractivity contribution in [1.29, 1.82) is 10.5 Å². The molecule has 0 saturated heterocycles. The third-order valence-electron chi connectivity index (χ3n) is 8.50. The van der Waals surface area contributed by atoms with E-state index in [1.807, 2.05) is 48.5 Å². The fourth-order valence-corrected chi connectivity index (χ4v) is 6.51. The highest BCUT2D eigenvalue weighted by atomic mass is 14.2. The van der Waals surface area contributed by atoms with Gasteiger partial charge in [0.1, 0.15) is 0 Å². The van der Waals surface area contributed by atoms with E-state index in [9.17, 15) is 10.5 Å². The van der Waals surface area contributed by atoms with Crippen molar-refractivity contribution in [2.24, 2.45) is 0 Å². The summed E-state index contributed by atoms with van der Waals surface area (Å²) in [6.45, 7) is 0. The maximum absolute atomic E-state index is 9.30. The van der Waals surface area contributed by atoms with Crippen LogP contribution in [-0.4, -0.2) is 0 Å². The molecule has 8 aromatic rings. The van der Waals surface area contributed by atoms with Crippen LogP contribution < -0.4 is 0 Å². The van der Waals surface area contributed by atoms with E-state index in [0.717, 1.165) is 22.3 Å². The van der Waals surface area contributed by atoms with Gasteiger partial charge < -0.3 is 0 Å². The summed E-state index contributed by atoms with van der Waals surface area (Å²) < 4.78 is 0. The number of rotatable bonds is 2. The Balaban J connectivity index is 1.55. The lowest BCUT2D eigenvalue weighted by Gasteiger charge is -2.18. The molecule has 0 unspecified atom stereocenters. The van der Waals surface area contributed by atoms with Crippen molar-refractivity contribution < 1.29 is 0 Å². The molecule has 0 aliphatic carbocycles. The maximum atomic E-state index is 9.30. The van der Waals surface area contributed by atoms with E-state index >= 15 is 0 Å².